The van der Waals surface area contributed by atoms with E-state index < -0.39 is 18.2 Å². The van der Waals surface area contributed by atoms with Crippen molar-refractivity contribution in [3.8, 4) is 0 Å². The minimum atomic E-state index is -0.798. The summed E-state index contributed by atoms with van der Waals surface area (Å²) in [5, 5.41) is 23.8. The van der Waals surface area contributed by atoms with E-state index in [4.69, 9.17) is 4.74 Å². The van der Waals surface area contributed by atoms with Gasteiger partial charge in [0.2, 0.25) is 5.91 Å². The lowest BCUT2D eigenvalue weighted by Gasteiger charge is -2.24. The van der Waals surface area contributed by atoms with Gasteiger partial charge in [-0.25, -0.2) is 0 Å². The largest absolute Gasteiger partial charge is 0.462 e. The number of carbonyl (C=O) groups is 2. The summed E-state index contributed by atoms with van der Waals surface area (Å²) in [5.74, 6) is -0.508. The van der Waals surface area contributed by atoms with E-state index in [1.165, 1.54) is 103 Å². The molecule has 0 spiro atoms. The molecule has 358 valence electrons. The molecule has 62 heavy (non-hydrogen) atoms. The van der Waals surface area contributed by atoms with Crippen molar-refractivity contribution in [2.45, 2.75) is 264 Å². The molecule has 0 heterocycles. The lowest BCUT2D eigenvalue weighted by Crippen LogP contribution is -2.46. The van der Waals surface area contributed by atoms with Gasteiger partial charge < -0.3 is 20.3 Å². The summed E-state index contributed by atoms with van der Waals surface area (Å²) in [6.07, 6.45) is 62.4. The van der Waals surface area contributed by atoms with Crippen molar-refractivity contribution in [1.29, 1.82) is 0 Å². The third-order valence-corrected chi connectivity index (χ3v) is 11.7. The van der Waals surface area contributed by atoms with Crippen LogP contribution >= 0.6 is 0 Å². The SMILES string of the molecule is CC/C=C/C=C/C=C/CCCCCCCCCC(=O)OC(CCCCCCC/C=C/C=C/C=C/CC)CC(=O)NC(CO)C(O)CCCCCCCCCCCCCCCCC. The number of esters is 1. The molecule has 0 aliphatic rings. The van der Waals surface area contributed by atoms with Crippen molar-refractivity contribution >= 4 is 11.9 Å². The Balaban J connectivity index is 4.59. The van der Waals surface area contributed by atoms with Crippen LogP contribution in [0.5, 0.6) is 0 Å². The Labute approximate surface area is 383 Å². The fraction of sp³-hybridized carbons (Fsp3) is 0.750. The minimum Gasteiger partial charge on any atom is -0.462 e. The third kappa shape index (κ3) is 43.9. The molecule has 0 saturated carbocycles. The molecule has 1 amide bonds. The summed E-state index contributed by atoms with van der Waals surface area (Å²) in [4.78, 5) is 26.2. The second-order valence-electron chi connectivity index (χ2n) is 17.6. The number of aliphatic hydroxyl groups excluding tert-OH is 2. The van der Waals surface area contributed by atoms with Gasteiger partial charge in [0.15, 0.2) is 0 Å². The zero-order valence-corrected chi connectivity index (χ0v) is 40.7. The van der Waals surface area contributed by atoms with E-state index in [2.05, 4.69) is 99.0 Å². The molecule has 0 aromatic heterocycles. The van der Waals surface area contributed by atoms with Crippen LogP contribution in [0.1, 0.15) is 245 Å². The number of ether oxygens (including phenoxy) is 1. The summed E-state index contributed by atoms with van der Waals surface area (Å²) < 4.78 is 5.92. The molecule has 0 radical (unpaired) electrons. The smallest absolute Gasteiger partial charge is 0.306 e. The van der Waals surface area contributed by atoms with Crippen LogP contribution in [-0.4, -0.2) is 46.9 Å². The highest BCUT2D eigenvalue weighted by atomic mass is 16.5. The van der Waals surface area contributed by atoms with E-state index in [0.717, 1.165) is 96.3 Å². The quantitative estimate of drug-likeness (QED) is 0.0322. The molecular weight excluding hydrogens is 767 g/mol. The summed E-state index contributed by atoms with van der Waals surface area (Å²) in [5.41, 5.74) is 0. The lowest BCUT2D eigenvalue weighted by molar-refractivity contribution is -0.151. The predicted molar refractivity (Wildman–Crippen MR) is 268 cm³/mol. The van der Waals surface area contributed by atoms with E-state index in [0.29, 0.717) is 19.3 Å². The number of nitrogens with one attached hydrogen (secondary N) is 1. The second kappa shape index (κ2) is 49.3. The van der Waals surface area contributed by atoms with Gasteiger partial charge in [-0.1, -0.05) is 241 Å². The monoisotopic (exact) mass is 866 g/mol. The first-order valence-corrected chi connectivity index (χ1v) is 26.2. The van der Waals surface area contributed by atoms with Crippen LogP contribution < -0.4 is 5.32 Å². The van der Waals surface area contributed by atoms with Crippen LogP contribution in [0.4, 0.5) is 0 Å². The van der Waals surface area contributed by atoms with Gasteiger partial charge in [-0.05, 0) is 64.2 Å². The maximum atomic E-state index is 13.2. The molecule has 0 bridgehead atoms. The van der Waals surface area contributed by atoms with Crippen LogP contribution in [0, 0.1) is 0 Å². The van der Waals surface area contributed by atoms with E-state index >= 15 is 0 Å². The number of amides is 1. The Bertz CT molecular complexity index is 1150. The normalized spacial score (nSPS) is 13.8. The zero-order valence-electron chi connectivity index (χ0n) is 40.7. The molecule has 6 heteroatoms. The average molecular weight is 866 g/mol. The van der Waals surface area contributed by atoms with Crippen molar-refractivity contribution < 1.29 is 24.5 Å². The van der Waals surface area contributed by atoms with E-state index in [1.54, 1.807) is 0 Å². The van der Waals surface area contributed by atoms with Crippen LogP contribution in [-0.2, 0) is 14.3 Å². The first-order valence-electron chi connectivity index (χ1n) is 26.2. The predicted octanol–water partition coefficient (Wildman–Crippen LogP) is 15.8. The van der Waals surface area contributed by atoms with Gasteiger partial charge >= 0.3 is 5.97 Å². The number of hydrogen-bond donors (Lipinski definition) is 3. The number of rotatable bonds is 46. The molecule has 6 nitrogen and oxygen atoms in total. The third-order valence-electron chi connectivity index (χ3n) is 11.7. The van der Waals surface area contributed by atoms with Gasteiger partial charge in [-0.3, -0.25) is 9.59 Å². The van der Waals surface area contributed by atoms with Crippen LogP contribution in [0.2, 0.25) is 0 Å². The van der Waals surface area contributed by atoms with Crippen molar-refractivity contribution in [3.63, 3.8) is 0 Å². The van der Waals surface area contributed by atoms with Gasteiger partial charge in [0.05, 0.1) is 25.2 Å². The first-order chi connectivity index (χ1) is 30.5. The summed E-state index contributed by atoms with van der Waals surface area (Å²) in [6.45, 7) is 6.22. The molecule has 0 saturated heterocycles. The Morgan fingerprint density at radius 1 is 0.484 bits per heavy atom. The Kier molecular flexibility index (Phi) is 47.2. The van der Waals surface area contributed by atoms with E-state index in [1.807, 2.05) is 0 Å². The number of allylic oxidation sites excluding steroid dienone is 12. The molecule has 0 rings (SSSR count). The average Bonchev–Trinajstić information content (AvgIpc) is 3.26. The molecule has 3 atom stereocenters. The van der Waals surface area contributed by atoms with Gasteiger partial charge in [0, 0.05) is 6.42 Å². The fourth-order valence-corrected chi connectivity index (χ4v) is 7.72. The summed E-state index contributed by atoms with van der Waals surface area (Å²) in [6, 6.07) is -0.713. The highest BCUT2D eigenvalue weighted by molar-refractivity contribution is 5.77. The lowest BCUT2D eigenvalue weighted by atomic mass is 10.0. The van der Waals surface area contributed by atoms with Crippen molar-refractivity contribution in [2.75, 3.05) is 6.61 Å². The number of unbranched alkanes of at least 4 members (excludes halogenated alkanes) is 26. The van der Waals surface area contributed by atoms with Crippen LogP contribution in [0.3, 0.4) is 0 Å². The molecule has 0 aromatic carbocycles. The molecule has 0 aliphatic heterocycles. The van der Waals surface area contributed by atoms with Crippen molar-refractivity contribution in [1.82, 2.24) is 5.32 Å². The second-order valence-corrected chi connectivity index (χ2v) is 17.6. The van der Waals surface area contributed by atoms with Gasteiger partial charge in [-0.2, -0.15) is 0 Å². The van der Waals surface area contributed by atoms with Crippen LogP contribution in [0.25, 0.3) is 0 Å². The maximum Gasteiger partial charge on any atom is 0.306 e. The molecule has 3 N–H and O–H groups in total. The Hall–Kier alpha value is -2.70. The Morgan fingerprint density at radius 2 is 0.871 bits per heavy atom. The number of carbonyl (C=O) groups excluding carboxylic acids is 2. The number of aliphatic hydroxyl groups is 2. The van der Waals surface area contributed by atoms with Crippen LogP contribution in [0.15, 0.2) is 72.9 Å². The molecular formula is C56H99NO5. The standard InChI is InChI=1S/C56H99NO5/c1-4-7-10-13-16-19-22-25-27-30-33-36-39-42-45-48-54(59)53(51-58)57-55(60)50-52(47-44-41-38-35-32-29-24-21-18-15-12-9-6-3)62-56(61)49-46-43-40-37-34-31-28-26-23-20-17-14-11-8-5-2/h8-9,11-12,14-15,17-18,20-21,23-24,52-54,58-59H,4-7,10,13,16,19,22,25-51H2,1-3H3,(H,57,60)/b11-8+,12-9+,17-14+,18-15+,23-20+,24-21+. The number of hydrogen-bond acceptors (Lipinski definition) is 5. The maximum absolute atomic E-state index is 13.2. The van der Waals surface area contributed by atoms with Gasteiger partial charge in [-0.15, -0.1) is 0 Å². The molecule has 0 fully saturated rings. The molecule has 0 aromatic rings. The first kappa shape index (κ1) is 59.3. The fourth-order valence-electron chi connectivity index (χ4n) is 7.72. The Morgan fingerprint density at radius 3 is 1.31 bits per heavy atom. The summed E-state index contributed by atoms with van der Waals surface area (Å²) >= 11 is 0. The summed E-state index contributed by atoms with van der Waals surface area (Å²) in [7, 11) is 0. The molecule has 0 aliphatic carbocycles. The highest BCUT2D eigenvalue weighted by Gasteiger charge is 2.24. The van der Waals surface area contributed by atoms with Crippen molar-refractivity contribution in [2.24, 2.45) is 0 Å². The van der Waals surface area contributed by atoms with Gasteiger partial charge in [0.1, 0.15) is 6.10 Å². The highest BCUT2D eigenvalue weighted by Crippen LogP contribution is 2.18. The molecule has 3 unspecified atom stereocenters. The van der Waals surface area contributed by atoms with E-state index in [9.17, 15) is 19.8 Å². The van der Waals surface area contributed by atoms with Gasteiger partial charge in [0.25, 0.3) is 0 Å². The zero-order chi connectivity index (χ0) is 45.2. The minimum absolute atomic E-state index is 0.0566. The van der Waals surface area contributed by atoms with E-state index in [-0.39, 0.29) is 24.9 Å². The topological polar surface area (TPSA) is 95.9 Å². The van der Waals surface area contributed by atoms with Crippen molar-refractivity contribution in [3.05, 3.63) is 72.9 Å².